The number of likely N-dealkylation sites (tertiary alicyclic amines) is 2. The highest BCUT2D eigenvalue weighted by Crippen LogP contribution is 2.41. The van der Waals surface area contributed by atoms with E-state index < -0.39 is 5.60 Å². The summed E-state index contributed by atoms with van der Waals surface area (Å²) in [5.41, 5.74) is 4.30. The molecule has 0 atom stereocenters. The lowest BCUT2D eigenvalue weighted by Gasteiger charge is -2.53. The van der Waals surface area contributed by atoms with Gasteiger partial charge in [-0.05, 0) is 70.3 Å². The summed E-state index contributed by atoms with van der Waals surface area (Å²) in [6.07, 6.45) is 4.82. The Morgan fingerprint density at radius 1 is 1.05 bits per heavy atom. The van der Waals surface area contributed by atoms with Crippen molar-refractivity contribution in [3.8, 4) is 11.3 Å². The molecule has 1 amide bonds. The monoisotopic (exact) mass is 532 g/mol. The first kappa shape index (κ1) is 26.1. The normalized spacial score (nSPS) is 19.9. The van der Waals surface area contributed by atoms with E-state index >= 15 is 0 Å². The number of anilines is 1. The van der Waals surface area contributed by atoms with E-state index in [1.54, 1.807) is 6.33 Å². The molecular formula is C30H40N6O3. The lowest BCUT2D eigenvalue weighted by molar-refractivity contribution is -0.0590. The van der Waals surface area contributed by atoms with Gasteiger partial charge >= 0.3 is 6.09 Å². The van der Waals surface area contributed by atoms with Crippen molar-refractivity contribution in [2.45, 2.75) is 45.6 Å². The Labute approximate surface area is 230 Å². The summed E-state index contributed by atoms with van der Waals surface area (Å²) < 4.78 is 11.0. The van der Waals surface area contributed by atoms with Crippen LogP contribution in [0, 0.1) is 5.41 Å². The van der Waals surface area contributed by atoms with Gasteiger partial charge in [-0.2, -0.15) is 0 Å². The van der Waals surface area contributed by atoms with Crippen molar-refractivity contribution in [3.63, 3.8) is 0 Å². The fraction of sp³-hybridized carbons (Fsp3) is 0.567. The third-order valence-electron chi connectivity index (χ3n) is 8.32. The molecular weight excluding hydrogens is 492 g/mol. The number of carbonyl (C=O) groups excluding carboxylic acids is 1. The van der Waals surface area contributed by atoms with Gasteiger partial charge in [0.15, 0.2) is 0 Å². The van der Waals surface area contributed by atoms with Gasteiger partial charge in [0.1, 0.15) is 23.4 Å². The number of benzene rings is 1. The second-order valence-corrected chi connectivity index (χ2v) is 12.4. The molecule has 9 heteroatoms. The maximum absolute atomic E-state index is 12.3. The van der Waals surface area contributed by atoms with Crippen LogP contribution >= 0.6 is 0 Å². The van der Waals surface area contributed by atoms with E-state index in [-0.39, 0.29) is 6.09 Å². The lowest BCUT2D eigenvalue weighted by atomic mass is 9.72. The van der Waals surface area contributed by atoms with Crippen LogP contribution < -0.4 is 4.90 Å². The largest absolute Gasteiger partial charge is 0.444 e. The van der Waals surface area contributed by atoms with Crippen LogP contribution in [0.15, 0.2) is 36.7 Å². The Morgan fingerprint density at radius 2 is 1.77 bits per heavy atom. The summed E-state index contributed by atoms with van der Waals surface area (Å²) in [7, 11) is 0. The van der Waals surface area contributed by atoms with E-state index in [1.165, 1.54) is 5.56 Å². The van der Waals surface area contributed by atoms with Crippen LogP contribution in [0.25, 0.3) is 22.3 Å². The van der Waals surface area contributed by atoms with Crippen LogP contribution in [0.3, 0.4) is 0 Å². The molecule has 0 radical (unpaired) electrons. The highest BCUT2D eigenvalue weighted by atomic mass is 16.6. The molecule has 208 valence electrons. The minimum absolute atomic E-state index is 0.170. The van der Waals surface area contributed by atoms with Crippen molar-refractivity contribution in [2.24, 2.45) is 5.41 Å². The number of hydrogen-bond acceptors (Lipinski definition) is 7. The highest BCUT2D eigenvalue weighted by molar-refractivity contribution is 5.92. The van der Waals surface area contributed by atoms with Gasteiger partial charge in [0.05, 0.1) is 18.6 Å². The number of fused-ring (bicyclic) bond motifs is 1. The Kier molecular flexibility index (Phi) is 6.97. The van der Waals surface area contributed by atoms with E-state index in [9.17, 15) is 4.79 Å². The van der Waals surface area contributed by atoms with Crippen LogP contribution in [0.4, 0.5) is 10.6 Å². The van der Waals surface area contributed by atoms with Crippen molar-refractivity contribution in [1.82, 2.24) is 24.8 Å². The van der Waals surface area contributed by atoms with Gasteiger partial charge in [0.25, 0.3) is 0 Å². The van der Waals surface area contributed by atoms with Crippen molar-refractivity contribution in [1.29, 1.82) is 0 Å². The number of morpholine rings is 1. The predicted molar refractivity (Wildman–Crippen MR) is 152 cm³/mol. The number of amides is 1. The Bertz CT molecular complexity index is 1290. The number of aromatic amines is 1. The average Bonchev–Trinajstić information content (AvgIpc) is 3.35. The Hall–Kier alpha value is -3.17. The smallest absolute Gasteiger partial charge is 0.410 e. The third kappa shape index (κ3) is 5.75. The fourth-order valence-electron chi connectivity index (χ4n) is 6.03. The molecule has 1 aromatic carbocycles. The molecule has 3 aliphatic heterocycles. The first-order valence-electron chi connectivity index (χ1n) is 14.2. The molecule has 3 aliphatic rings. The van der Waals surface area contributed by atoms with E-state index in [0.29, 0.717) is 5.41 Å². The first-order valence-corrected chi connectivity index (χ1v) is 14.2. The minimum Gasteiger partial charge on any atom is -0.444 e. The van der Waals surface area contributed by atoms with Gasteiger partial charge in [-0.15, -0.1) is 0 Å². The molecule has 0 unspecified atom stereocenters. The fourth-order valence-corrected chi connectivity index (χ4v) is 6.03. The van der Waals surface area contributed by atoms with Crippen molar-refractivity contribution in [3.05, 3.63) is 42.2 Å². The highest BCUT2D eigenvalue weighted by Gasteiger charge is 2.47. The van der Waals surface area contributed by atoms with Crippen LogP contribution in [-0.4, -0.2) is 95.5 Å². The molecule has 2 aromatic heterocycles. The molecule has 1 N–H and O–H groups in total. The molecule has 6 rings (SSSR count). The number of carbonyl (C=O) groups is 1. The molecule has 1 spiro atoms. The second-order valence-electron chi connectivity index (χ2n) is 12.4. The van der Waals surface area contributed by atoms with Crippen molar-refractivity contribution < 1.29 is 14.3 Å². The molecule has 9 nitrogen and oxygen atoms in total. The van der Waals surface area contributed by atoms with Crippen LogP contribution in [0.2, 0.25) is 0 Å². The van der Waals surface area contributed by atoms with Gasteiger partial charge in [0, 0.05) is 43.8 Å². The topological polar surface area (TPSA) is 86.8 Å². The molecule has 0 saturated carbocycles. The van der Waals surface area contributed by atoms with Crippen LogP contribution in [0.5, 0.6) is 0 Å². The quantitative estimate of drug-likeness (QED) is 0.523. The number of nitrogens with one attached hydrogen (secondary N) is 1. The standard InChI is InChI=1S/C30H40N6O3/c1-29(2,3)39-28(37)36-19-30(20-36)9-12-34(13-10-30)11-8-22-4-6-23(7-5-22)25-18-24-26(33-25)31-21-32-27(24)35-14-16-38-17-15-35/h4-7,18,21H,8-17,19-20H2,1-3H3,(H,31,32,33). The van der Waals surface area contributed by atoms with Crippen molar-refractivity contribution >= 4 is 22.9 Å². The number of H-pyrrole nitrogens is 1. The van der Waals surface area contributed by atoms with E-state index in [0.717, 1.165) is 106 Å². The number of piperidine rings is 1. The van der Waals surface area contributed by atoms with Gasteiger partial charge in [-0.3, -0.25) is 0 Å². The van der Waals surface area contributed by atoms with E-state index in [1.807, 2.05) is 25.7 Å². The molecule has 0 aliphatic carbocycles. The molecule has 3 fully saturated rings. The summed E-state index contributed by atoms with van der Waals surface area (Å²) in [4.78, 5) is 31.6. The van der Waals surface area contributed by atoms with Crippen molar-refractivity contribution in [2.75, 3.05) is 63.9 Å². The second kappa shape index (κ2) is 10.4. The third-order valence-corrected chi connectivity index (χ3v) is 8.32. The molecule has 3 aromatic rings. The Balaban J connectivity index is 1.01. The zero-order valence-electron chi connectivity index (χ0n) is 23.4. The van der Waals surface area contributed by atoms with Gasteiger partial charge < -0.3 is 29.2 Å². The van der Waals surface area contributed by atoms with Gasteiger partial charge in [-0.1, -0.05) is 24.3 Å². The number of nitrogens with zero attached hydrogens (tertiary/aromatic N) is 5. The van der Waals surface area contributed by atoms with Gasteiger partial charge in [0.2, 0.25) is 0 Å². The predicted octanol–water partition coefficient (Wildman–Crippen LogP) is 4.34. The maximum Gasteiger partial charge on any atom is 0.410 e. The average molecular weight is 533 g/mol. The van der Waals surface area contributed by atoms with Crippen LogP contribution in [0.1, 0.15) is 39.2 Å². The van der Waals surface area contributed by atoms with E-state index in [2.05, 4.69) is 55.1 Å². The first-order chi connectivity index (χ1) is 18.8. The summed E-state index contributed by atoms with van der Waals surface area (Å²) >= 11 is 0. The molecule has 3 saturated heterocycles. The summed E-state index contributed by atoms with van der Waals surface area (Å²) in [5, 5.41) is 1.06. The minimum atomic E-state index is -0.432. The molecule has 0 bridgehead atoms. The lowest BCUT2D eigenvalue weighted by Crippen LogP contribution is -2.62. The molecule has 39 heavy (non-hydrogen) atoms. The van der Waals surface area contributed by atoms with Gasteiger partial charge in [-0.25, -0.2) is 14.8 Å². The summed E-state index contributed by atoms with van der Waals surface area (Å²) in [5.74, 6) is 0.977. The zero-order valence-corrected chi connectivity index (χ0v) is 23.4. The van der Waals surface area contributed by atoms with E-state index in [4.69, 9.17) is 9.47 Å². The summed E-state index contributed by atoms with van der Waals surface area (Å²) in [6, 6.07) is 11.1. The number of ether oxygens (including phenoxy) is 2. The number of aromatic nitrogens is 3. The molecule has 5 heterocycles. The zero-order chi connectivity index (χ0) is 27.0. The SMILES string of the molecule is CC(C)(C)OC(=O)N1CC2(CCN(CCc3ccc(-c4cc5c(N6CCOCC6)ncnc5[nH]4)cc3)CC2)C1. The Morgan fingerprint density at radius 3 is 2.46 bits per heavy atom. The number of hydrogen-bond donors (Lipinski definition) is 1. The number of rotatable bonds is 5. The van der Waals surface area contributed by atoms with Crippen LogP contribution in [-0.2, 0) is 15.9 Å². The summed E-state index contributed by atoms with van der Waals surface area (Å²) in [6.45, 7) is 13.9. The maximum atomic E-state index is 12.3.